The van der Waals surface area contributed by atoms with Crippen molar-refractivity contribution in [1.82, 2.24) is 0 Å². The van der Waals surface area contributed by atoms with E-state index in [0.29, 0.717) is 0 Å². The van der Waals surface area contributed by atoms with Gasteiger partial charge in [0.2, 0.25) is 0 Å². The Bertz CT molecular complexity index is 426. The molecule has 17 heavy (non-hydrogen) atoms. The maximum absolute atomic E-state index is 11.6. The summed E-state index contributed by atoms with van der Waals surface area (Å²) in [6.45, 7) is 1.72. The van der Waals surface area contributed by atoms with Crippen molar-refractivity contribution < 1.29 is 4.57 Å². The summed E-state index contributed by atoms with van der Waals surface area (Å²) in [4.78, 5) is -0.899. The Morgan fingerprint density at radius 2 is 1.59 bits per heavy atom. The van der Waals surface area contributed by atoms with Crippen LogP contribution in [0.25, 0.3) is 0 Å². The quantitative estimate of drug-likeness (QED) is 0.456. The van der Waals surface area contributed by atoms with Crippen molar-refractivity contribution in [2.24, 2.45) is 0 Å². The van der Waals surface area contributed by atoms with Crippen molar-refractivity contribution in [2.45, 2.75) is 22.3 Å². The van der Waals surface area contributed by atoms with E-state index in [1.165, 1.54) is 0 Å². The third-order valence-corrected chi connectivity index (χ3v) is 8.04. The van der Waals surface area contributed by atoms with Gasteiger partial charge in [-0.25, -0.2) is 0 Å². The van der Waals surface area contributed by atoms with Crippen LogP contribution in [0.5, 0.6) is 0 Å². The highest BCUT2D eigenvalue weighted by Gasteiger charge is 2.47. The zero-order chi connectivity index (χ0) is 13.3. The maximum atomic E-state index is 11.6. The van der Waals surface area contributed by atoms with Gasteiger partial charge in [0.25, 0.3) is 5.85 Å². The molecule has 1 unspecified atom stereocenters. The third-order valence-electron chi connectivity index (χ3n) is 2.30. The van der Waals surface area contributed by atoms with E-state index >= 15 is 0 Å². The van der Waals surface area contributed by atoms with Crippen LogP contribution in [0.3, 0.4) is 0 Å². The smallest absolute Gasteiger partial charge is 0.286 e. The number of alkyl halides is 3. The van der Waals surface area contributed by atoms with Crippen molar-refractivity contribution in [3.05, 3.63) is 35.9 Å². The van der Waals surface area contributed by atoms with E-state index in [0.717, 1.165) is 5.56 Å². The minimum absolute atomic E-state index is 0.0288. The summed E-state index contributed by atoms with van der Waals surface area (Å²) in [5.41, 5.74) is 0.800. The van der Waals surface area contributed by atoms with Gasteiger partial charge in [-0.1, -0.05) is 53.5 Å². The van der Waals surface area contributed by atoms with E-state index in [-0.39, 0.29) is 6.42 Å². The van der Waals surface area contributed by atoms with E-state index in [1.54, 1.807) is 6.92 Å². The van der Waals surface area contributed by atoms with Crippen LogP contribution < -0.4 is 0 Å². The number of hydrogen-bond donors (Lipinski definition) is 0. The Kier molecular flexibility index (Phi) is 5.15. The maximum Gasteiger partial charge on any atom is 0.287 e. The fraction of sp³-hybridized carbons (Fsp3) is 0.400. The SMILES string of the molecule is CC(Cl)(CC(Cl)(Cl)P(=O)(Cl)Cl)c1ccccc1. The lowest BCUT2D eigenvalue weighted by Gasteiger charge is -2.30. The zero-order valence-electron chi connectivity index (χ0n) is 8.84. The fourth-order valence-electron chi connectivity index (χ4n) is 1.38. The van der Waals surface area contributed by atoms with Gasteiger partial charge in [0.05, 0.1) is 4.87 Å². The third kappa shape index (κ3) is 4.20. The topological polar surface area (TPSA) is 17.1 Å². The highest BCUT2D eigenvalue weighted by Crippen LogP contribution is 2.73. The second kappa shape index (κ2) is 5.49. The summed E-state index contributed by atoms with van der Waals surface area (Å²) in [7, 11) is 0. The lowest BCUT2D eigenvalue weighted by atomic mass is 9.97. The Balaban J connectivity index is 2.99. The van der Waals surface area contributed by atoms with E-state index in [2.05, 4.69) is 0 Å². The van der Waals surface area contributed by atoms with Crippen LogP contribution in [0.15, 0.2) is 30.3 Å². The molecule has 0 saturated heterocycles. The first-order valence-corrected chi connectivity index (χ1v) is 9.33. The van der Waals surface area contributed by atoms with E-state index in [4.69, 9.17) is 57.3 Å². The minimum atomic E-state index is -3.69. The lowest BCUT2D eigenvalue weighted by Crippen LogP contribution is -2.24. The van der Waals surface area contributed by atoms with Gasteiger partial charge < -0.3 is 0 Å². The Morgan fingerprint density at radius 1 is 1.12 bits per heavy atom. The first kappa shape index (κ1) is 16.0. The molecule has 0 radical (unpaired) electrons. The Hall–Kier alpha value is 0.900. The lowest BCUT2D eigenvalue weighted by molar-refractivity contribution is 0.567. The molecule has 1 aromatic rings. The second-order valence-electron chi connectivity index (χ2n) is 3.87. The first-order chi connectivity index (χ1) is 7.56. The second-order valence-corrected chi connectivity index (χ2v) is 11.8. The molecule has 1 atom stereocenters. The summed E-state index contributed by atoms with van der Waals surface area (Å²) in [5.74, 6) is -3.69. The van der Waals surface area contributed by atoms with Crippen LogP contribution in [0, 0.1) is 0 Å². The predicted molar refractivity (Wildman–Crippen MR) is 78.0 cm³/mol. The van der Waals surface area contributed by atoms with E-state index in [1.807, 2.05) is 30.3 Å². The van der Waals surface area contributed by atoms with Gasteiger partial charge in [-0.2, -0.15) is 0 Å². The molecule has 0 heterocycles. The van der Waals surface area contributed by atoms with Crippen molar-refractivity contribution in [3.8, 4) is 0 Å². The van der Waals surface area contributed by atoms with Gasteiger partial charge in [-0.3, -0.25) is 4.57 Å². The van der Waals surface area contributed by atoms with Gasteiger partial charge in [0, 0.05) is 6.42 Å². The molecule has 0 saturated carbocycles. The molecule has 1 rings (SSSR count). The highest BCUT2D eigenvalue weighted by molar-refractivity contribution is 8.11. The molecule has 0 aliphatic rings. The number of hydrogen-bond acceptors (Lipinski definition) is 1. The predicted octanol–water partition coefficient (Wildman–Crippen LogP) is 6.33. The zero-order valence-corrected chi connectivity index (χ0v) is 13.5. The average molecular weight is 354 g/mol. The molecule has 0 fully saturated rings. The van der Waals surface area contributed by atoms with Crippen molar-refractivity contribution in [3.63, 3.8) is 0 Å². The van der Waals surface area contributed by atoms with Gasteiger partial charge in [0.1, 0.15) is 0 Å². The van der Waals surface area contributed by atoms with Crippen molar-refractivity contribution >= 4 is 63.1 Å². The largest absolute Gasteiger partial charge is 0.287 e. The number of halogens is 5. The minimum Gasteiger partial charge on any atom is -0.286 e. The van der Waals surface area contributed by atoms with Crippen molar-refractivity contribution in [1.29, 1.82) is 0 Å². The molecule has 7 heteroatoms. The van der Waals surface area contributed by atoms with Crippen LogP contribution in [0.2, 0.25) is 0 Å². The molecular formula is C10H10Cl5OP. The molecule has 0 aromatic heterocycles. The molecule has 0 aliphatic heterocycles. The molecule has 0 aliphatic carbocycles. The van der Waals surface area contributed by atoms with Crippen LogP contribution in [-0.2, 0) is 9.44 Å². The molecule has 0 N–H and O–H groups in total. The van der Waals surface area contributed by atoms with E-state index < -0.39 is 14.8 Å². The summed E-state index contributed by atoms with van der Waals surface area (Å²) in [6.07, 6.45) is -0.0288. The van der Waals surface area contributed by atoms with Crippen LogP contribution in [-0.4, -0.2) is 4.07 Å². The van der Waals surface area contributed by atoms with Gasteiger partial charge in [-0.15, -0.1) is 11.6 Å². The normalized spacial score (nSPS) is 16.6. The molecule has 0 spiro atoms. The van der Waals surface area contributed by atoms with Gasteiger partial charge >= 0.3 is 0 Å². The van der Waals surface area contributed by atoms with E-state index in [9.17, 15) is 4.57 Å². The molecular weight excluding hydrogens is 344 g/mol. The summed E-state index contributed by atoms with van der Waals surface area (Å²) in [5, 5.41) is 0. The van der Waals surface area contributed by atoms with Crippen LogP contribution in [0.1, 0.15) is 18.9 Å². The average Bonchev–Trinajstić information content (AvgIpc) is 2.15. The summed E-state index contributed by atoms with van der Waals surface area (Å²) in [6, 6.07) is 9.18. The molecule has 1 aromatic carbocycles. The Morgan fingerprint density at radius 3 is 2.00 bits per heavy atom. The Labute approximate surface area is 125 Å². The monoisotopic (exact) mass is 352 g/mol. The fourth-order valence-corrected chi connectivity index (χ4v) is 3.33. The number of rotatable bonds is 4. The molecule has 1 nitrogen and oxygen atoms in total. The molecule has 0 bridgehead atoms. The van der Waals surface area contributed by atoms with Crippen molar-refractivity contribution in [2.75, 3.05) is 0 Å². The van der Waals surface area contributed by atoms with Crippen LogP contribution in [0.4, 0.5) is 0 Å². The summed E-state index contributed by atoms with van der Waals surface area (Å²) >= 11 is 29.2. The molecule has 0 amide bonds. The van der Waals surface area contributed by atoms with Crippen LogP contribution >= 0.6 is 63.1 Å². The van der Waals surface area contributed by atoms with Gasteiger partial charge in [-0.05, 0) is 35.0 Å². The van der Waals surface area contributed by atoms with Gasteiger partial charge in [0.15, 0.2) is 4.07 Å². The standard InChI is InChI=1S/C10H10Cl5OP/c1-9(11,8-5-3-2-4-6-8)7-10(12,13)17(14,15)16/h2-6H,7H2,1H3. The number of benzene rings is 1. The summed E-state index contributed by atoms with van der Waals surface area (Å²) < 4.78 is 9.78. The molecule has 96 valence electrons. The first-order valence-electron chi connectivity index (χ1n) is 4.68. The highest BCUT2D eigenvalue weighted by atomic mass is 35.9.